The van der Waals surface area contributed by atoms with Gasteiger partial charge in [0, 0.05) is 13.2 Å². The van der Waals surface area contributed by atoms with Crippen LogP contribution in [0.4, 0.5) is 0 Å². The van der Waals surface area contributed by atoms with E-state index in [1.807, 2.05) is 0 Å². The fourth-order valence-electron chi connectivity index (χ4n) is 1.12. The Labute approximate surface area is 104 Å². The van der Waals surface area contributed by atoms with Crippen molar-refractivity contribution < 1.29 is 13.2 Å². The number of sulfonamides is 1. The molecule has 17 heavy (non-hydrogen) atoms. The molecule has 1 atom stereocenters. The van der Waals surface area contributed by atoms with Gasteiger partial charge in [-0.1, -0.05) is 11.6 Å². The van der Waals surface area contributed by atoms with Crippen molar-refractivity contribution in [1.29, 1.82) is 0 Å². The summed E-state index contributed by atoms with van der Waals surface area (Å²) in [4.78, 5) is 14.9. The van der Waals surface area contributed by atoms with Gasteiger partial charge in [0.05, 0.1) is 10.9 Å². The van der Waals surface area contributed by atoms with Crippen LogP contribution < -0.4 is 10.0 Å². The van der Waals surface area contributed by atoms with Gasteiger partial charge in [0.1, 0.15) is 5.15 Å². The summed E-state index contributed by atoms with van der Waals surface area (Å²) in [6, 6.07) is 1.64. The van der Waals surface area contributed by atoms with E-state index < -0.39 is 22.0 Å². The van der Waals surface area contributed by atoms with Gasteiger partial charge < -0.3 is 5.32 Å². The molecule has 94 valence electrons. The van der Waals surface area contributed by atoms with Crippen LogP contribution in [0, 0.1) is 0 Å². The number of carbonyl (C=O) groups is 1. The molecule has 0 radical (unpaired) electrons. The van der Waals surface area contributed by atoms with Gasteiger partial charge in [-0.25, -0.2) is 13.4 Å². The molecule has 6 nitrogen and oxygen atoms in total. The second kappa shape index (κ2) is 5.44. The molecule has 1 unspecified atom stereocenters. The topological polar surface area (TPSA) is 88.2 Å². The highest BCUT2D eigenvalue weighted by Gasteiger charge is 2.21. The summed E-state index contributed by atoms with van der Waals surface area (Å²) in [6.07, 6.45) is 1.28. The standard InChI is InChI=1S/C9H12ClN3O3S/c1-6(9(14)11-2)13-17(15,16)7-3-4-12-8(10)5-7/h3-6,13H,1-2H3,(H,11,14). The van der Waals surface area contributed by atoms with Crippen LogP contribution in [-0.4, -0.2) is 32.4 Å². The quantitative estimate of drug-likeness (QED) is 0.767. The largest absolute Gasteiger partial charge is 0.358 e. The van der Waals surface area contributed by atoms with E-state index >= 15 is 0 Å². The SMILES string of the molecule is CNC(=O)C(C)NS(=O)(=O)c1ccnc(Cl)c1. The number of hydrogen-bond acceptors (Lipinski definition) is 4. The normalized spacial score (nSPS) is 13.1. The van der Waals surface area contributed by atoms with E-state index in [-0.39, 0.29) is 10.0 Å². The van der Waals surface area contributed by atoms with Gasteiger partial charge in [-0.05, 0) is 19.1 Å². The Kier molecular flexibility index (Phi) is 4.44. The lowest BCUT2D eigenvalue weighted by molar-refractivity contribution is -0.121. The van der Waals surface area contributed by atoms with Gasteiger partial charge in [0.15, 0.2) is 0 Å². The molecule has 0 spiro atoms. The van der Waals surface area contributed by atoms with Gasteiger partial charge in [-0.15, -0.1) is 0 Å². The maximum atomic E-state index is 11.8. The number of carbonyl (C=O) groups excluding carboxylic acids is 1. The Balaban J connectivity index is 2.93. The Morgan fingerprint density at radius 3 is 2.71 bits per heavy atom. The predicted molar refractivity (Wildman–Crippen MR) is 63.1 cm³/mol. The molecule has 8 heteroatoms. The van der Waals surface area contributed by atoms with E-state index in [4.69, 9.17) is 11.6 Å². The third kappa shape index (κ3) is 3.65. The van der Waals surface area contributed by atoms with Crippen LogP contribution in [0.15, 0.2) is 23.2 Å². The summed E-state index contributed by atoms with van der Waals surface area (Å²) < 4.78 is 25.9. The molecule has 0 saturated heterocycles. The fraction of sp³-hybridized carbons (Fsp3) is 0.333. The van der Waals surface area contributed by atoms with E-state index in [1.165, 1.54) is 32.3 Å². The number of pyridine rings is 1. The Hall–Kier alpha value is -1.18. The molecule has 0 bridgehead atoms. The zero-order valence-electron chi connectivity index (χ0n) is 9.27. The lowest BCUT2D eigenvalue weighted by Crippen LogP contribution is -2.43. The van der Waals surface area contributed by atoms with Crippen molar-refractivity contribution in [2.75, 3.05) is 7.05 Å². The molecule has 1 rings (SSSR count). The molecule has 0 saturated carbocycles. The van der Waals surface area contributed by atoms with Crippen LogP contribution in [0.25, 0.3) is 0 Å². The van der Waals surface area contributed by atoms with Crippen molar-refractivity contribution in [1.82, 2.24) is 15.0 Å². The number of likely N-dealkylation sites (N-methyl/N-ethyl adjacent to an activating group) is 1. The summed E-state index contributed by atoms with van der Waals surface area (Å²) in [5.41, 5.74) is 0. The van der Waals surface area contributed by atoms with Gasteiger partial charge in [-0.2, -0.15) is 4.72 Å². The Morgan fingerprint density at radius 1 is 1.53 bits per heavy atom. The molecular weight excluding hydrogens is 266 g/mol. The van der Waals surface area contributed by atoms with Crippen LogP contribution >= 0.6 is 11.6 Å². The van der Waals surface area contributed by atoms with Gasteiger partial charge in [0.25, 0.3) is 0 Å². The third-order valence-electron chi connectivity index (χ3n) is 1.98. The van der Waals surface area contributed by atoms with E-state index in [2.05, 4.69) is 15.0 Å². The first-order valence-electron chi connectivity index (χ1n) is 4.72. The van der Waals surface area contributed by atoms with Crippen LogP contribution in [0.5, 0.6) is 0 Å². The smallest absolute Gasteiger partial charge is 0.241 e. The number of rotatable bonds is 4. The average molecular weight is 278 g/mol. The molecule has 2 N–H and O–H groups in total. The van der Waals surface area contributed by atoms with E-state index in [9.17, 15) is 13.2 Å². The van der Waals surface area contributed by atoms with Gasteiger partial charge in [0.2, 0.25) is 15.9 Å². The summed E-state index contributed by atoms with van der Waals surface area (Å²) in [6.45, 7) is 1.44. The van der Waals surface area contributed by atoms with Crippen LogP contribution in [0.2, 0.25) is 5.15 Å². The number of halogens is 1. The zero-order valence-corrected chi connectivity index (χ0v) is 10.8. The number of nitrogens with one attached hydrogen (secondary N) is 2. The fourth-order valence-corrected chi connectivity index (χ4v) is 2.58. The van der Waals surface area contributed by atoms with Gasteiger partial charge in [-0.3, -0.25) is 4.79 Å². The lowest BCUT2D eigenvalue weighted by atomic mass is 10.3. The molecule has 0 aliphatic heterocycles. The number of hydrogen-bond donors (Lipinski definition) is 2. The summed E-state index contributed by atoms with van der Waals surface area (Å²) >= 11 is 5.59. The number of nitrogens with zero attached hydrogens (tertiary/aromatic N) is 1. The molecular formula is C9H12ClN3O3S. The minimum Gasteiger partial charge on any atom is -0.358 e. The first kappa shape index (κ1) is 13.9. The molecule has 1 aromatic heterocycles. The average Bonchev–Trinajstić information content (AvgIpc) is 2.27. The first-order chi connectivity index (χ1) is 7.86. The molecule has 0 aromatic carbocycles. The van der Waals surface area contributed by atoms with Crippen LogP contribution in [-0.2, 0) is 14.8 Å². The maximum Gasteiger partial charge on any atom is 0.241 e. The third-order valence-corrected chi connectivity index (χ3v) is 3.73. The van der Waals surface area contributed by atoms with E-state index in [1.54, 1.807) is 0 Å². The van der Waals surface area contributed by atoms with Crippen LogP contribution in [0.3, 0.4) is 0 Å². The van der Waals surface area contributed by atoms with Crippen molar-refractivity contribution in [3.8, 4) is 0 Å². The van der Waals surface area contributed by atoms with Crippen molar-refractivity contribution in [3.63, 3.8) is 0 Å². The predicted octanol–water partition coefficient (Wildman–Crippen LogP) is 0.148. The van der Waals surface area contributed by atoms with E-state index in [0.717, 1.165) is 0 Å². The molecule has 0 fully saturated rings. The Morgan fingerprint density at radius 2 is 2.18 bits per heavy atom. The summed E-state index contributed by atoms with van der Waals surface area (Å²) in [7, 11) is -2.35. The Bertz CT molecular complexity index is 518. The minimum atomic E-state index is -3.77. The second-order valence-corrected chi connectivity index (χ2v) is 5.37. The van der Waals surface area contributed by atoms with Crippen molar-refractivity contribution in [2.45, 2.75) is 17.9 Å². The van der Waals surface area contributed by atoms with Crippen molar-refractivity contribution in [3.05, 3.63) is 23.5 Å². The number of aromatic nitrogens is 1. The highest BCUT2D eigenvalue weighted by molar-refractivity contribution is 7.89. The van der Waals surface area contributed by atoms with Gasteiger partial charge >= 0.3 is 0 Å². The number of amides is 1. The molecule has 0 aliphatic carbocycles. The molecule has 1 amide bonds. The first-order valence-corrected chi connectivity index (χ1v) is 6.58. The summed E-state index contributed by atoms with van der Waals surface area (Å²) in [5, 5.41) is 2.42. The highest BCUT2D eigenvalue weighted by atomic mass is 35.5. The molecule has 1 aromatic rings. The monoisotopic (exact) mass is 277 g/mol. The zero-order chi connectivity index (χ0) is 13.1. The minimum absolute atomic E-state index is 0.0340. The van der Waals surface area contributed by atoms with Crippen molar-refractivity contribution in [2.24, 2.45) is 0 Å². The molecule has 1 heterocycles. The summed E-state index contributed by atoms with van der Waals surface area (Å²) in [5.74, 6) is -0.422. The van der Waals surface area contributed by atoms with Crippen molar-refractivity contribution >= 4 is 27.5 Å². The maximum absolute atomic E-state index is 11.8. The van der Waals surface area contributed by atoms with E-state index in [0.29, 0.717) is 0 Å². The second-order valence-electron chi connectivity index (χ2n) is 3.27. The van der Waals surface area contributed by atoms with Crippen LogP contribution in [0.1, 0.15) is 6.92 Å². The lowest BCUT2D eigenvalue weighted by Gasteiger charge is -2.12. The highest BCUT2D eigenvalue weighted by Crippen LogP contribution is 2.12. The molecule has 0 aliphatic rings.